The predicted octanol–water partition coefficient (Wildman–Crippen LogP) is 7.33. The molecule has 0 aliphatic carbocycles. The van der Waals surface area contributed by atoms with Gasteiger partial charge in [0, 0.05) is 0 Å². The van der Waals surface area contributed by atoms with Gasteiger partial charge in [-0.25, -0.2) is 4.98 Å². The molecule has 0 unspecified atom stereocenters. The molecule has 1 aromatic heterocycles. The fraction of sp³-hybridized carbons (Fsp3) is 0.0909. The number of alkyl halides is 3. The Kier molecular flexibility index (Phi) is 6.07. The summed E-state index contributed by atoms with van der Waals surface area (Å²) in [6.07, 6.45) is -4.88. The first-order valence-corrected chi connectivity index (χ1v) is 8.59. The lowest BCUT2D eigenvalue weighted by Gasteiger charge is -2.13. The second-order valence-corrected chi connectivity index (χ2v) is 7.51. The highest BCUT2D eigenvalue weighted by molar-refractivity contribution is 7.17. The third kappa shape index (κ3) is 3.82. The fourth-order valence-electron chi connectivity index (χ4n) is 1.53. The summed E-state index contributed by atoms with van der Waals surface area (Å²) in [6, 6.07) is 0. The van der Waals surface area contributed by atoms with E-state index in [0.717, 1.165) is 0 Å². The quantitative estimate of drug-likeness (QED) is 0.362. The molecule has 0 saturated heterocycles. The molecule has 2 aromatic rings. The Morgan fingerprint density at radius 3 is 1.83 bits per heavy atom. The van der Waals surface area contributed by atoms with Gasteiger partial charge >= 0.3 is 6.18 Å². The standard InChI is InChI=1S/C11HCl6F3N2OS/c12-1-2(13)4(15)6(5(16)3(1)14)21-9(23)7-8(11(18,19)20)22-10(17)24-7/h(H,21,23). The van der Waals surface area contributed by atoms with Crippen molar-refractivity contribution in [2.75, 3.05) is 5.32 Å². The van der Waals surface area contributed by atoms with Gasteiger partial charge in [-0.3, -0.25) is 4.79 Å². The van der Waals surface area contributed by atoms with Crippen LogP contribution in [0.5, 0.6) is 0 Å². The van der Waals surface area contributed by atoms with Gasteiger partial charge in [-0.05, 0) is 0 Å². The van der Waals surface area contributed by atoms with Crippen molar-refractivity contribution < 1.29 is 18.0 Å². The van der Waals surface area contributed by atoms with Crippen molar-refractivity contribution in [3.63, 3.8) is 0 Å². The Morgan fingerprint density at radius 2 is 1.38 bits per heavy atom. The molecule has 0 radical (unpaired) electrons. The van der Waals surface area contributed by atoms with Gasteiger partial charge in [0.2, 0.25) is 0 Å². The lowest BCUT2D eigenvalue weighted by atomic mass is 10.2. The summed E-state index contributed by atoms with van der Waals surface area (Å²) in [4.78, 5) is 14.5. The summed E-state index contributed by atoms with van der Waals surface area (Å²) in [5, 5.41) is 0.938. The molecule has 13 heteroatoms. The number of aromatic nitrogens is 1. The fourth-order valence-corrected chi connectivity index (χ4v) is 3.78. The van der Waals surface area contributed by atoms with Crippen LogP contribution in [0.1, 0.15) is 15.4 Å². The van der Waals surface area contributed by atoms with Gasteiger partial charge in [0.1, 0.15) is 4.88 Å². The molecule has 0 spiro atoms. The average molecular weight is 479 g/mol. The normalized spacial score (nSPS) is 11.7. The second-order valence-electron chi connectivity index (χ2n) is 4.04. The van der Waals surface area contributed by atoms with Crippen LogP contribution in [-0.4, -0.2) is 10.9 Å². The number of anilines is 1. The molecule has 2 rings (SSSR count). The average Bonchev–Trinajstić information content (AvgIpc) is 2.89. The van der Waals surface area contributed by atoms with Crippen LogP contribution in [0.3, 0.4) is 0 Å². The van der Waals surface area contributed by atoms with Crippen molar-refractivity contribution in [3.8, 4) is 0 Å². The van der Waals surface area contributed by atoms with Crippen LogP contribution in [-0.2, 0) is 6.18 Å². The maximum Gasteiger partial charge on any atom is 0.435 e. The number of halogens is 9. The van der Waals surface area contributed by atoms with Crippen LogP contribution in [0.15, 0.2) is 0 Å². The van der Waals surface area contributed by atoms with E-state index in [-0.39, 0.29) is 30.8 Å². The molecule has 1 aromatic carbocycles. The van der Waals surface area contributed by atoms with E-state index in [1.165, 1.54) is 0 Å². The first-order chi connectivity index (χ1) is 10.9. The molecule has 24 heavy (non-hydrogen) atoms. The molecule has 0 fully saturated rings. The molecule has 0 bridgehead atoms. The van der Waals surface area contributed by atoms with E-state index in [1.807, 2.05) is 0 Å². The summed E-state index contributed by atoms with van der Waals surface area (Å²) >= 11 is 35.1. The van der Waals surface area contributed by atoms with Gasteiger partial charge in [-0.15, -0.1) is 0 Å². The van der Waals surface area contributed by atoms with E-state index in [4.69, 9.17) is 69.6 Å². The highest BCUT2D eigenvalue weighted by atomic mass is 35.5. The Morgan fingerprint density at radius 1 is 0.917 bits per heavy atom. The van der Waals surface area contributed by atoms with Crippen LogP contribution >= 0.6 is 80.9 Å². The molecule has 0 atom stereocenters. The first kappa shape index (κ1) is 20.2. The molecule has 0 saturated carbocycles. The van der Waals surface area contributed by atoms with Crippen molar-refractivity contribution in [2.24, 2.45) is 0 Å². The van der Waals surface area contributed by atoms with Crippen molar-refractivity contribution in [3.05, 3.63) is 40.2 Å². The highest BCUT2D eigenvalue weighted by Crippen LogP contribution is 2.47. The molecule has 0 aliphatic rings. The topological polar surface area (TPSA) is 42.0 Å². The Hall–Kier alpha value is -0.150. The number of carbonyl (C=O) groups excluding carboxylic acids is 1. The molecule has 1 amide bonds. The van der Waals surface area contributed by atoms with Crippen LogP contribution in [0.4, 0.5) is 18.9 Å². The van der Waals surface area contributed by atoms with Crippen LogP contribution in [0.2, 0.25) is 29.6 Å². The summed E-state index contributed by atoms with van der Waals surface area (Å²) in [5.41, 5.74) is -1.73. The van der Waals surface area contributed by atoms with Crippen molar-refractivity contribution in [1.82, 2.24) is 4.98 Å². The predicted molar refractivity (Wildman–Crippen MR) is 91.6 cm³/mol. The summed E-state index contributed by atoms with van der Waals surface area (Å²) in [5.74, 6) is -1.19. The number of nitrogens with one attached hydrogen (secondary N) is 1. The van der Waals surface area contributed by atoms with Gasteiger partial charge in [0.15, 0.2) is 10.2 Å². The van der Waals surface area contributed by atoms with E-state index in [9.17, 15) is 18.0 Å². The van der Waals surface area contributed by atoms with E-state index in [1.54, 1.807) is 0 Å². The number of nitrogens with zero attached hydrogens (tertiary/aromatic N) is 1. The molecule has 1 N–H and O–H groups in total. The lowest BCUT2D eigenvalue weighted by Crippen LogP contribution is -2.17. The minimum atomic E-state index is -4.88. The number of benzene rings is 1. The van der Waals surface area contributed by atoms with E-state index in [0.29, 0.717) is 11.3 Å². The van der Waals surface area contributed by atoms with Crippen LogP contribution < -0.4 is 5.32 Å². The number of amides is 1. The second kappa shape index (κ2) is 7.23. The Labute approximate surface area is 166 Å². The Bertz CT molecular complexity index is 809. The summed E-state index contributed by atoms with van der Waals surface area (Å²) in [6.45, 7) is 0. The number of carbonyl (C=O) groups is 1. The third-order valence-electron chi connectivity index (χ3n) is 2.52. The molecule has 130 valence electrons. The zero-order valence-electron chi connectivity index (χ0n) is 10.7. The van der Waals surface area contributed by atoms with Crippen LogP contribution in [0, 0.1) is 0 Å². The minimum absolute atomic E-state index is 0.164. The van der Waals surface area contributed by atoms with Crippen molar-refractivity contribution in [1.29, 1.82) is 0 Å². The third-order valence-corrected chi connectivity index (χ3v) is 5.96. The zero-order valence-corrected chi connectivity index (χ0v) is 16.0. The van der Waals surface area contributed by atoms with Gasteiger partial charge in [0.05, 0.1) is 30.8 Å². The monoisotopic (exact) mass is 476 g/mol. The summed E-state index contributed by atoms with van der Waals surface area (Å²) in [7, 11) is 0. The van der Waals surface area contributed by atoms with E-state index in [2.05, 4.69) is 10.3 Å². The van der Waals surface area contributed by atoms with Gasteiger partial charge in [-0.1, -0.05) is 80.9 Å². The van der Waals surface area contributed by atoms with E-state index < -0.39 is 27.1 Å². The molecule has 0 aliphatic heterocycles. The summed E-state index contributed by atoms with van der Waals surface area (Å²) < 4.78 is 38.2. The molecule has 1 heterocycles. The molecular formula is C11HCl6F3N2OS. The number of thiazole rings is 1. The van der Waals surface area contributed by atoms with Gasteiger partial charge in [-0.2, -0.15) is 13.2 Å². The maximum absolute atomic E-state index is 12.9. The maximum atomic E-state index is 12.9. The molecular weight excluding hydrogens is 478 g/mol. The smallest absolute Gasteiger partial charge is 0.319 e. The van der Waals surface area contributed by atoms with Crippen molar-refractivity contribution >= 4 is 92.5 Å². The number of rotatable bonds is 2. The first-order valence-electron chi connectivity index (χ1n) is 5.51. The minimum Gasteiger partial charge on any atom is -0.319 e. The number of hydrogen-bond donors (Lipinski definition) is 1. The Balaban J connectivity index is 2.50. The lowest BCUT2D eigenvalue weighted by molar-refractivity contribution is -0.141. The highest BCUT2D eigenvalue weighted by Gasteiger charge is 2.39. The molecule has 3 nitrogen and oxygen atoms in total. The zero-order chi connectivity index (χ0) is 18.4. The SMILES string of the molecule is O=C(Nc1c(Cl)c(Cl)c(Cl)c(Cl)c1Cl)c1sc(Cl)nc1C(F)(F)F. The largest absolute Gasteiger partial charge is 0.435 e. The van der Waals surface area contributed by atoms with E-state index >= 15 is 0 Å². The van der Waals surface area contributed by atoms with Crippen molar-refractivity contribution in [2.45, 2.75) is 6.18 Å². The van der Waals surface area contributed by atoms with Crippen LogP contribution in [0.25, 0.3) is 0 Å². The van der Waals surface area contributed by atoms with Gasteiger partial charge in [0.25, 0.3) is 5.91 Å². The number of hydrogen-bond acceptors (Lipinski definition) is 3. The van der Waals surface area contributed by atoms with Gasteiger partial charge < -0.3 is 5.32 Å².